The zero-order valence-electron chi connectivity index (χ0n) is 10.7. The lowest BCUT2D eigenvalue weighted by molar-refractivity contribution is 0.284. The SMILES string of the molecule is OCCCCc1cnc2cc3ccccc3cc2n1. The molecule has 0 saturated carbocycles. The fourth-order valence-corrected chi connectivity index (χ4v) is 2.28. The van der Waals surface area contributed by atoms with E-state index in [4.69, 9.17) is 5.11 Å². The van der Waals surface area contributed by atoms with Gasteiger partial charge in [0.25, 0.3) is 0 Å². The second-order valence-electron chi connectivity index (χ2n) is 4.73. The number of aromatic nitrogens is 2. The van der Waals surface area contributed by atoms with Gasteiger partial charge in [-0.3, -0.25) is 4.98 Å². The van der Waals surface area contributed by atoms with Gasteiger partial charge in [0.2, 0.25) is 0 Å². The van der Waals surface area contributed by atoms with Gasteiger partial charge in [-0.2, -0.15) is 0 Å². The molecule has 1 N–H and O–H groups in total. The number of unbranched alkanes of at least 4 members (excludes halogenated alkanes) is 1. The fourth-order valence-electron chi connectivity index (χ4n) is 2.28. The van der Waals surface area contributed by atoms with Crippen molar-refractivity contribution >= 4 is 21.8 Å². The number of rotatable bonds is 4. The summed E-state index contributed by atoms with van der Waals surface area (Å²) in [5, 5.41) is 11.2. The lowest BCUT2D eigenvalue weighted by Gasteiger charge is -2.04. The molecule has 0 amide bonds. The third kappa shape index (κ3) is 2.56. The van der Waals surface area contributed by atoms with Crippen molar-refractivity contribution in [3.05, 3.63) is 48.3 Å². The second kappa shape index (κ2) is 5.33. The van der Waals surface area contributed by atoms with E-state index in [-0.39, 0.29) is 6.61 Å². The Hall–Kier alpha value is -2.00. The summed E-state index contributed by atoms with van der Waals surface area (Å²) in [4.78, 5) is 9.14. The Morgan fingerprint density at radius 3 is 2.42 bits per heavy atom. The Morgan fingerprint density at radius 1 is 0.947 bits per heavy atom. The molecule has 0 fully saturated rings. The lowest BCUT2D eigenvalue weighted by atomic mass is 10.1. The average Bonchev–Trinajstić information content (AvgIpc) is 2.45. The normalized spacial score (nSPS) is 11.2. The summed E-state index contributed by atoms with van der Waals surface area (Å²) in [6.45, 7) is 0.242. The van der Waals surface area contributed by atoms with E-state index < -0.39 is 0 Å². The summed E-state index contributed by atoms with van der Waals surface area (Å²) < 4.78 is 0. The number of fused-ring (bicyclic) bond motifs is 2. The quantitative estimate of drug-likeness (QED) is 0.573. The molecule has 3 rings (SSSR count). The van der Waals surface area contributed by atoms with Crippen LogP contribution in [0.4, 0.5) is 0 Å². The highest BCUT2D eigenvalue weighted by Crippen LogP contribution is 2.20. The molecule has 3 heteroatoms. The van der Waals surface area contributed by atoms with E-state index in [1.54, 1.807) is 0 Å². The van der Waals surface area contributed by atoms with Crippen LogP contribution in [-0.2, 0) is 6.42 Å². The summed E-state index contributed by atoms with van der Waals surface area (Å²) >= 11 is 0. The first-order valence-corrected chi connectivity index (χ1v) is 6.62. The minimum Gasteiger partial charge on any atom is -0.396 e. The number of aliphatic hydroxyl groups is 1. The summed E-state index contributed by atoms with van der Waals surface area (Å²) in [7, 11) is 0. The number of nitrogens with zero attached hydrogens (tertiary/aromatic N) is 2. The molecule has 0 aliphatic heterocycles. The third-order valence-corrected chi connectivity index (χ3v) is 3.30. The van der Waals surface area contributed by atoms with Crippen molar-refractivity contribution in [1.82, 2.24) is 9.97 Å². The Bertz CT molecular complexity index is 709. The van der Waals surface area contributed by atoms with Gasteiger partial charge in [0.1, 0.15) is 0 Å². The van der Waals surface area contributed by atoms with Crippen LogP contribution in [0.2, 0.25) is 0 Å². The summed E-state index contributed by atoms with van der Waals surface area (Å²) in [5.74, 6) is 0. The van der Waals surface area contributed by atoms with Gasteiger partial charge in [-0.05, 0) is 42.2 Å². The minimum atomic E-state index is 0.242. The third-order valence-electron chi connectivity index (χ3n) is 3.30. The molecule has 1 heterocycles. The van der Waals surface area contributed by atoms with E-state index in [9.17, 15) is 0 Å². The van der Waals surface area contributed by atoms with Crippen LogP contribution in [0, 0.1) is 0 Å². The highest BCUT2D eigenvalue weighted by molar-refractivity contribution is 5.94. The number of benzene rings is 2. The first kappa shape index (κ1) is 12.1. The summed E-state index contributed by atoms with van der Waals surface area (Å²) in [5.41, 5.74) is 2.88. The van der Waals surface area contributed by atoms with Gasteiger partial charge >= 0.3 is 0 Å². The topological polar surface area (TPSA) is 46.0 Å². The number of hydrogen-bond acceptors (Lipinski definition) is 3. The van der Waals surface area contributed by atoms with Gasteiger partial charge in [-0.25, -0.2) is 4.98 Å². The monoisotopic (exact) mass is 252 g/mol. The molecule has 96 valence electrons. The molecule has 0 aliphatic carbocycles. The van der Waals surface area contributed by atoms with Crippen LogP contribution < -0.4 is 0 Å². The molecular formula is C16H16N2O. The van der Waals surface area contributed by atoms with Gasteiger partial charge in [0.15, 0.2) is 0 Å². The van der Waals surface area contributed by atoms with Crippen LogP contribution in [0.1, 0.15) is 18.5 Å². The standard InChI is InChI=1S/C16H16N2O/c19-8-4-3-7-14-11-17-15-9-12-5-1-2-6-13(12)10-16(15)18-14/h1-2,5-6,9-11,19H,3-4,7-8H2. The molecule has 2 aromatic carbocycles. The Morgan fingerprint density at radius 2 is 1.68 bits per heavy atom. The van der Waals surface area contributed by atoms with E-state index in [0.717, 1.165) is 36.0 Å². The number of aryl methyl sites for hydroxylation is 1. The zero-order chi connectivity index (χ0) is 13.1. The molecule has 0 bridgehead atoms. The molecule has 0 saturated heterocycles. The van der Waals surface area contributed by atoms with Gasteiger partial charge in [0, 0.05) is 12.8 Å². The molecule has 0 radical (unpaired) electrons. The lowest BCUT2D eigenvalue weighted by Crippen LogP contribution is -1.95. The predicted octanol–water partition coefficient (Wildman–Crippen LogP) is 3.10. The molecule has 3 aromatic rings. The number of hydrogen-bond donors (Lipinski definition) is 1. The average molecular weight is 252 g/mol. The van der Waals surface area contributed by atoms with Gasteiger partial charge < -0.3 is 5.11 Å². The maximum Gasteiger partial charge on any atom is 0.0896 e. The van der Waals surface area contributed by atoms with Gasteiger partial charge in [0.05, 0.1) is 16.7 Å². The summed E-state index contributed by atoms with van der Waals surface area (Å²) in [6, 6.07) is 12.4. The van der Waals surface area contributed by atoms with E-state index in [2.05, 4.69) is 34.2 Å². The largest absolute Gasteiger partial charge is 0.396 e. The van der Waals surface area contributed by atoms with Crippen LogP contribution in [0.5, 0.6) is 0 Å². The zero-order valence-corrected chi connectivity index (χ0v) is 10.7. The predicted molar refractivity (Wildman–Crippen MR) is 77.1 cm³/mol. The molecule has 0 aliphatic rings. The minimum absolute atomic E-state index is 0.242. The first-order valence-electron chi connectivity index (χ1n) is 6.62. The number of aliphatic hydroxyl groups excluding tert-OH is 1. The fraction of sp³-hybridized carbons (Fsp3) is 0.250. The van der Waals surface area contributed by atoms with Crippen LogP contribution in [0.25, 0.3) is 21.8 Å². The van der Waals surface area contributed by atoms with Crippen LogP contribution >= 0.6 is 0 Å². The van der Waals surface area contributed by atoms with E-state index in [1.807, 2.05) is 18.3 Å². The van der Waals surface area contributed by atoms with Crippen LogP contribution in [-0.4, -0.2) is 21.7 Å². The van der Waals surface area contributed by atoms with Crippen molar-refractivity contribution in [1.29, 1.82) is 0 Å². The molecule has 19 heavy (non-hydrogen) atoms. The highest BCUT2D eigenvalue weighted by atomic mass is 16.2. The molecule has 0 unspecified atom stereocenters. The Labute approximate surface area is 111 Å². The van der Waals surface area contributed by atoms with Crippen molar-refractivity contribution < 1.29 is 5.11 Å². The first-order chi connectivity index (χ1) is 9.36. The van der Waals surface area contributed by atoms with Crippen LogP contribution in [0.15, 0.2) is 42.6 Å². The van der Waals surface area contributed by atoms with Gasteiger partial charge in [-0.15, -0.1) is 0 Å². The van der Waals surface area contributed by atoms with Crippen molar-refractivity contribution in [2.24, 2.45) is 0 Å². The molecule has 0 atom stereocenters. The van der Waals surface area contributed by atoms with Gasteiger partial charge in [-0.1, -0.05) is 24.3 Å². The molecular weight excluding hydrogens is 236 g/mol. The van der Waals surface area contributed by atoms with E-state index >= 15 is 0 Å². The maximum absolute atomic E-state index is 8.80. The van der Waals surface area contributed by atoms with Crippen molar-refractivity contribution in [2.75, 3.05) is 6.61 Å². The molecule has 1 aromatic heterocycles. The summed E-state index contributed by atoms with van der Waals surface area (Å²) in [6.07, 6.45) is 4.48. The van der Waals surface area contributed by atoms with Crippen molar-refractivity contribution in [3.8, 4) is 0 Å². The highest BCUT2D eigenvalue weighted by Gasteiger charge is 2.02. The smallest absolute Gasteiger partial charge is 0.0896 e. The Kier molecular flexibility index (Phi) is 3.38. The van der Waals surface area contributed by atoms with Crippen LogP contribution in [0.3, 0.4) is 0 Å². The second-order valence-corrected chi connectivity index (χ2v) is 4.73. The molecule has 3 nitrogen and oxygen atoms in total. The van der Waals surface area contributed by atoms with E-state index in [0.29, 0.717) is 0 Å². The van der Waals surface area contributed by atoms with E-state index in [1.165, 1.54) is 10.8 Å². The maximum atomic E-state index is 8.80. The Balaban J connectivity index is 1.99. The van der Waals surface area contributed by atoms with Crippen molar-refractivity contribution in [2.45, 2.75) is 19.3 Å². The van der Waals surface area contributed by atoms with Crippen molar-refractivity contribution in [3.63, 3.8) is 0 Å². The molecule has 0 spiro atoms.